The van der Waals surface area contributed by atoms with Crippen LogP contribution in [0.1, 0.15) is 47.2 Å². The molecule has 0 fully saturated rings. The molecular formula is C22H48N4O5. The molecule has 9 heteroatoms. The summed E-state index contributed by atoms with van der Waals surface area (Å²) in [7, 11) is 0. The molecule has 0 aliphatic heterocycles. The number of rotatable bonds is 19. The Kier molecular flexibility index (Phi) is 27.9. The summed E-state index contributed by atoms with van der Waals surface area (Å²) in [5, 5.41) is 11.2. The lowest BCUT2D eigenvalue weighted by Gasteiger charge is -2.09. The van der Waals surface area contributed by atoms with Crippen molar-refractivity contribution >= 4 is 0 Å². The van der Waals surface area contributed by atoms with Crippen LogP contribution >= 0.6 is 0 Å². The van der Waals surface area contributed by atoms with Gasteiger partial charge < -0.3 is 29.0 Å². The summed E-state index contributed by atoms with van der Waals surface area (Å²) in [5.74, 6) is 0. The molecule has 0 bridgehead atoms. The Bertz CT molecular complexity index is 447. The topological polar surface area (TPSA) is 88.9 Å². The van der Waals surface area contributed by atoms with Gasteiger partial charge in [-0.2, -0.15) is 0 Å². The van der Waals surface area contributed by atoms with Gasteiger partial charge in [0.15, 0.2) is 0 Å². The monoisotopic (exact) mass is 448 g/mol. The molecule has 1 heterocycles. The number of hydrogen-bond donors (Lipinski definition) is 1. The summed E-state index contributed by atoms with van der Waals surface area (Å²) in [4.78, 5) is 0. The fourth-order valence-electron chi connectivity index (χ4n) is 2.06. The fraction of sp³-hybridized carbons (Fsp3) is 0.909. The van der Waals surface area contributed by atoms with Gasteiger partial charge in [0.05, 0.1) is 78.3 Å². The second kappa shape index (κ2) is 26.9. The molecule has 0 radical (unpaired) electrons. The third-order valence-corrected chi connectivity index (χ3v) is 3.40. The standard InChI is InChI=1S/C18H36N4O5.2C2H6/c1-17(2)19-4-6-23-8-10-25-12-14-27-15-13-26-11-9-24-7-5-22-16-18(3)20-21-22;2*1-2/h16-17,19H,4-15H2,1-3H3;2*1-2H3. The zero-order valence-corrected chi connectivity index (χ0v) is 21.0. The van der Waals surface area contributed by atoms with Crippen LogP contribution in [-0.2, 0) is 30.2 Å². The molecule has 0 spiro atoms. The third-order valence-electron chi connectivity index (χ3n) is 3.40. The molecule has 186 valence electrons. The molecule has 0 amide bonds. The van der Waals surface area contributed by atoms with Gasteiger partial charge in [0, 0.05) is 18.8 Å². The number of nitrogens with one attached hydrogen (secondary N) is 1. The van der Waals surface area contributed by atoms with Gasteiger partial charge in [0.2, 0.25) is 0 Å². The number of aryl methyl sites for hydroxylation is 1. The normalized spacial score (nSPS) is 10.5. The van der Waals surface area contributed by atoms with E-state index in [2.05, 4.69) is 29.5 Å². The van der Waals surface area contributed by atoms with Crippen molar-refractivity contribution in [3.8, 4) is 0 Å². The van der Waals surface area contributed by atoms with Crippen LogP contribution in [0.15, 0.2) is 6.20 Å². The maximum atomic E-state index is 5.48. The van der Waals surface area contributed by atoms with Gasteiger partial charge in [-0.3, -0.25) is 0 Å². The van der Waals surface area contributed by atoms with E-state index >= 15 is 0 Å². The minimum Gasteiger partial charge on any atom is -0.378 e. The lowest BCUT2D eigenvalue weighted by molar-refractivity contribution is -0.0114. The number of aromatic nitrogens is 3. The van der Waals surface area contributed by atoms with Crippen molar-refractivity contribution in [2.75, 3.05) is 72.6 Å². The molecule has 1 rings (SSSR count). The summed E-state index contributed by atoms with van der Waals surface area (Å²) in [6.07, 6.45) is 1.89. The highest BCUT2D eigenvalue weighted by atomic mass is 16.6. The average Bonchev–Trinajstić information content (AvgIpc) is 3.20. The van der Waals surface area contributed by atoms with E-state index in [9.17, 15) is 0 Å². The maximum absolute atomic E-state index is 5.48. The predicted octanol–water partition coefficient (Wildman–Crippen LogP) is 2.72. The molecule has 0 aromatic carbocycles. The van der Waals surface area contributed by atoms with Crippen molar-refractivity contribution in [2.24, 2.45) is 0 Å². The minimum absolute atomic E-state index is 0.494. The van der Waals surface area contributed by atoms with Gasteiger partial charge in [-0.05, 0) is 6.92 Å². The van der Waals surface area contributed by atoms with Crippen molar-refractivity contribution in [1.82, 2.24) is 20.3 Å². The van der Waals surface area contributed by atoms with Crippen molar-refractivity contribution in [3.05, 3.63) is 11.9 Å². The zero-order valence-electron chi connectivity index (χ0n) is 21.0. The van der Waals surface area contributed by atoms with Gasteiger partial charge in [-0.1, -0.05) is 46.8 Å². The fourth-order valence-corrected chi connectivity index (χ4v) is 2.06. The first kappa shape index (κ1) is 32.1. The number of nitrogens with zero attached hydrogens (tertiary/aromatic N) is 3. The van der Waals surface area contributed by atoms with E-state index in [0.717, 1.165) is 12.2 Å². The first-order valence-corrected chi connectivity index (χ1v) is 11.7. The highest BCUT2D eigenvalue weighted by molar-refractivity contribution is 4.86. The molecule has 9 nitrogen and oxygen atoms in total. The van der Waals surface area contributed by atoms with Crippen molar-refractivity contribution in [2.45, 2.75) is 61.1 Å². The second-order valence-electron chi connectivity index (χ2n) is 6.29. The molecule has 1 aromatic rings. The lowest BCUT2D eigenvalue weighted by atomic mass is 10.4. The first-order chi connectivity index (χ1) is 15.2. The van der Waals surface area contributed by atoms with E-state index in [4.69, 9.17) is 23.7 Å². The second-order valence-corrected chi connectivity index (χ2v) is 6.29. The van der Waals surface area contributed by atoms with Crippen LogP contribution < -0.4 is 5.32 Å². The summed E-state index contributed by atoms with van der Waals surface area (Å²) in [5.41, 5.74) is 0.909. The highest BCUT2D eigenvalue weighted by Gasteiger charge is 1.96. The van der Waals surface area contributed by atoms with Crippen LogP contribution in [0.4, 0.5) is 0 Å². The van der Waals surface area contributed by atoms with Gasteiger partial charge in [0.25, 0.3) is 0 Å². The molecule has 0 aliphatic carbocycles. The van der Waals surface area contributed by atoms with Gasteiger partial charge in [0.1, 0.15) is 0 Å². The largest absolute Gasteiger partial charge is 0.378 e. The highest BCUT2D eigenvalue weighted by Crippen LogP contribution is 1.90. The Morgan fingerprint density at radius 3 is 1.55 bits per heavy atom. The van der Waals surface area contributed by atoms with Gasteiger partial charge in [-0.25, -0.2) is 4.68 Å². The van der Waals surface area contributed by atoms with Crippen molar-refractivity contribution in [3.63, 3.8) is 0 Å². The Morgan fingerprint density at radius 2 is 1.16 bits per heavy atom. The summed E-state index contributed by atoms with van der Waals surface area (Å²) >= 11 is 0. The third kappa shape index (κ3) is 25.0. The van der Waals surface area contributed by atoms with Crippen LogP contribution in [0.2, 0.25) is 0 Å². The molecule has 1 aromatic heterocycles. The van der Waals surface area contributed by atoms with E-state index in [1.54, 1.807) is 4.68 Å². The van der Waals surface area contributed by atoms with Crippen molar-refractivity contribution < 1.29 is 23.7 Å². The van der Waals surface area contributed by atoms with E-state index in [0.29, 0.717) is 78.7 Å². The van der Waals surface area contributed by atoms with Crippen LogP contribution in [-0.4, -0.2) is 93.6 Å². The molecule has 0 saturated carbocycles. The van der Waals surface area contributed by atoms with E-state index in [-0.39, 0.29) is 0 Å². The first-order valence-electron chi connectivity index (χ1n) is 11.7. The Labute approximate surface area is 190 Å². The number of hydrogen-bond acceptors (Lipinski definition) is 8. The molecule has 0 aliphatic rings. The molecule has 1 N–H and O–H groups in total. The Morgan fingerprint density at radius 1 is 0.742 bits per heavy atom. The van der Waals surface area contributed by atoms with E-state index < -0.39 is 0 Å². The average molecular weight is 449 g/mol. The SMILES string of the molecule is CC.CC.Cc1cn(CCOCCOCCOCCOCCOCCNC(C)C)nn1. The van der Waals surface area contributed by atoms with Gasteiger partial charge in [-0.15, -0.1) is 5.10 Å². The van der Waals surface area contributed by atoms with E-state index in [1.165, 1.54) is 0 Å². The summed E-state index contributed by atoms with van der Waals surface area (Å²) in [6, 6.07) is 0.494. The minimum atomic E-state index is 0.494. The molecule has 0 saturated heterocycles. The predicted molar refractivity (Wildman–Crippen MR) is 125 cm³/mol. The maximum Gasteiger partial charge on any atom is 0.0796 e. The smallest absolute Gasteiger partial charge is 0.0796 e. The molecule has 0 atom stereocenters. The quantitative estimate of drug-likeness (QED) is 0.323. The van der Waals surface area contributed by atoms with Crippen LogP contribution in [0.3, 0.4) is 0 Å². The number of ether oxygens (including phenoxy) is 5. The Balaban J connectivity index is 0. The van der Waals surface area contributed by atoms with Gasteiger partial charge >= 0.3 is 0 Å². The van der Waals surface area contributed by atoms with E-state index in [1.807, 2.05) is 40.8 Å². The van der Waals surface area contributed by atoms with Crippen LogP contribution in [0.5, 0.6) is 0 Å². The molecule has 0 unspecified atom stereocenters. The molecule has 31 heavy (non-hydrogen) atoms. The molecular weight excluding hydrogens is 400 g/mol. The van der Waals surface area contributed by atoms with Crippen LogP contribution in [0.25, 0.3) is 0 Å². The van der Waals surface area contributed by atoms with Crippen LogP contribution in [0, 0.1) is 6.92 Å². The summed E-state index contributed by atoms with van der Waals surface area (Å²) < 4.78 is 29.0. The van der Waals surface area contributed by atoms with Crippen molar-refractivity contribution in [1.29, 1.82) is 0 Å². The zero-order chi connectivity index (χ0) is 23.6. The lowest BCUT2D eigenvalue weighted by Crippen LogP contribution is -2.27. The Hall–Kier alpha value is -1.10. The summed E-state index contributed by atoms with van der Waals surface area (Å²) in [6.45, 7) is 21.6.